The molecule has 1 aromatic rings. The molecule has 0 amide bonds. The summed E-state index contributed by atoms with van der Waals surface area (Å²) in [5, 5.41) is 0.513. The molecule has 0 N–H and O–H groups in total. The van der Waals surface area contributed by atoms with Gasteiger partial charge in [-0.25, -0.2) is 0 Å². The first kappa shape index (κ1) is 7.83. The number of rotatable bonds is 1. The maximum absolute atomic E-state index is 5.77. The number of hydrogen-bond acceptors (Lipinski definition) is 1. The maximum atomic E-state index is 5.77. The van der Waals surface area contributed by atoms with Gasteiger partial charge in [0, 0.05) is 6.20 Å². The van der Waals surface area contributed by atoms with Crippen LogP contribution < -0.4 is 0 Å². The molecule has 10 heavy (non-hydrogen) atoms. The summed E-state index contributed by atoms with van der Waals surface area (Å²) < 4.78 is 0. The van der Waals surface area contributed by atoms with E-state index in [0.29, 0.717) is 5.02 Å². The lowest BCUT2D eigenvalue weighted by Crippen LogP contribution is -1.89. The van der Waals surface area contributed by atoms with E-state index in [4.69, 9.17) is 23.2 Å². The molecule has 0 aliphatic carbocycles. The summed E-state index contributed by atoms with van der Waals surface area (Å²) in [5.41, 5.74) is 0.742. The SMILES string of the molecule is CC(Cl)c1ncccc1Cl. The van der Waals surface area contributed by atoms with Crippen molar-refractivity contribution in [1.82, 2.24) is 4.98 Å². The van der Waals surface area contributed by atoms with Crippen molar-refractivity contribution in [2.75, 3.05) is 0 Å². The number of alkyl halides is 1. The van der Waals surface area contributed by atoms with Crippen LogP contribution in [0.2, 0.25) is 5.02 Å². The predicted molar refractivity (Wildman–Crippen MR) is 43.5 cm³/mol. The van der Waals surface area contributed by atoms with Crippen molar-refractivity contribution in [2.24, 2.45) is 0 Å². The second kappa shape index (κ2) is 3.22. The van der Waals surface area contributed by atoms with E-state index in [1.807, 2.05) is 6.92 Å². The van der Waals surface area contributed by atoms with Crippen LogP contribution in [0.4, 0.5) is 0 Å². The Kier molecular flexibility index (Phi) is 2.52. The molecule has 3 heteroatoms. The van der Waals surface area contributed by atoms with Gasteiger partial charge in [-0.2, -0.15) is 0 Å². The average Bonchev–Trinajstić information content (AvgIpc) is 1.88. The minimum atomic E-state index is -0.117. The molecule has 0 saturated carbocycles. The Morgan fingerprint density at radius 2 is 2.30 bits per heavy atom. The first-order valence-electron chi connectivity index (χ1n) is 2.96. The van der Waals surface area contributed by atoms with E-state index in [9.17, 15) is 0 Å². The van der Waals surface area contributed by atoms with Crippen LogP contribution in [0.3, 0.4) is 0 Å². The van der Waals surface area contributed by atoms with Gasteiger partial charge in [0.05, 0.1) is 16.1 Å². The topological polar surface area (TPSA) is 12.9 Å². The Balaban J connectivity index is 3.03. The van der Waals surface area contributed by atoms with Crippen LogP contribution in [-0.4, -0.2) is 4.98 Å². The van der Waals surface area contributed by atoms with Gasteiger partial charge in [-0.3, -0.25) is 4.98 Å². The predicted octanol–water partition coefficient (Wildman–Crippen LogP) is 3.03. The number of aromatic nitrogens is 1. The fourth-order valence-corrected chi connectivity index (χ4v) is 1.21. The van der Waals surface area contributed by atoms with E-state index in [1.165, 1.54) is 0 Å². The molecule has 0 bridgehead atoms. The zero-order valence-electron chi connectivity index (χ0n) is 5.51. The van der Waals surface area contributed by atoms with Gasteiger partial charge < -0.3 is 0 Å². The largest absolute Gasteiger partial charge is 0.258 e. The second-order valence-corrected chi connectivity index (χ2v) is 3.05. The zero-order valence-corrected chi connectivity index (χ0v) is 7.02. The number of nitrogens with zero attached hydrogens (tertiary/aromatic N) is 1. The van der Waals surface area contributed by atoms with Crippen LogP contribution in [0.15, 0.2) is 18.3 Å². The molecule has 54 valence electrons. The Morgan fingerprint density at radius 1 is 1.60 bits per heavy atom. The van der Waals surface area contributed by atoms with E-state index >= 15 is 0 Å². The molecule has 0 spiro atoms. The van der Waals surface area contributed by atoms with E-state index in [2.05, 4.69) is 4.98 Å². The summed E-state index contributed by atoms with van der Waals surface area (Å²) in [4.78, 5) is 4.01. The van der Waals surface area contributed by atoms with Gasteiger partial charge in [-0.05, 0) is 19.1 Å². The minimum absolute atomic E-state index is 0.117. The highest BCUT2D eigenvalue weighted by molar-refractivity contribution is 6.32. The number of hydrogen-bond donors (Lipinski definition) is 0. The van der Waals surface area contributed by atoms with Crippen LogP contribution in [0.1, 0.15) is 18.0 Å². The Bertz CT molecular complexity index is 223. The highest BCUT2D eigenvalue weighted by Gasteiger charge is 2.05. The van der Waals surface area contributed by atoms with Crippen LogP contribution in [0.25, 0.3) is 0 Å². The molecule has 1 unspecified atom stereocenters. The molecule has 0 radical (unpaired) electrons. The van der Waals surface area contributed by atoms with Crippen molar-refractivity contribution in [3.63, 3.8) is 0 Å². The first-order valence-corrected chi connectivity index (χ1v) is 3.77. The Labute approximate surface area is 70.0 Å². The van der Waals surface area contributed by atoms with Gasteiger partial charge in [0.25, 0.3) is 0 Å². The second-order valence-electron chi connectivity index (χ2n) is 1.99. The number of halogens is 2. The molecule has 0 saturated heterocycles. The quantitative estimate of drug-likeness (QED) is 0.599. The van der Waals surface area contributed by atoms with Crippen molar-refractivity contribution >= 4 is 23.2 Å². The average molecular weight is 176 g/mol. The molecule has 1 heterocycles. The highest BCUT2D eigenvalue weighted by atomic mass is 35.5. The van der Waals surface area contributed by atoms with Gasteiger partial charge in [0.15, 0.2) is 0 Å². The molecular weight excluding hydrogens is 169 g/mol. The van der Waals surface area contributed by atoms with Gasteiger partial charge in [-0.1, -0.05) is 11.6 Å². The third kappa shape index (κ3) is 1.61. The monoisotopic (exact) mass is 175 g/mol. The molecule has 0 aromatic carbocycles. The molecule has 1 atom stereocenters. The molecule has 1 nitrogen and oxygen atoms in total. The molecule has 0 fully saturated rings. The molecule has 0 aliphatic rings. The molecule has 0 aliphatic heterocycles. The summed E-state index contributed by atoms with van der Waals surface area (Å²) in [6.45, 7) is 1.84. The van der Waals surface area contributed by atoms with E-state index in [1.54, 1.807) is 18.3 Å². The van der Waals surface area contributed by atoms with Crippen LogP contribution in [0, 0.1) is 0 Å². The molecule has 1 aromatic heterocycles. The Morgan fingerprint density at radius 3 is 2.70 bits per heavy atom. The van der Waals surface area contributed by atoms with Crippen molar-refractivity contribution in [1.29, 1.82) is 0 Å². The normalized spacial score (nSPS) is 13.1. The standard InChI is InChI=1S/C7H7Cl2N/c1-5(8)7-6(9)3-2-4-10-7/h2-5H,1H3. The molecular formula is C7H7Cl2N. The number of pyridine rings is 1. The van der Waals surface area contributed by atoms with Crippen LogP contribution >= 0.6 is 23.2 Å². The van der Waals surface area contributed by atoms with Gasteiger partial charge in [0.2, 0.25) is 0 Å². The highest BCUT2D eigenvalue weighted by Crippen LogP contribution is 2.23. The zero-order chi connectivity index (χ0) is 7.56. The van der Waals surface area contributed by atoms with Crippen molar-refractivity contribution < 1.29 is 0 Å². The third-order valence-electron chi connectivity index (χ3n) is 1.16. The Hall–Kier alpha value is -0.270. The molecule has 1 rings (SSSR count). The van der Waals surface area contributed by atoms with Gasteiger partial charge in [-0.15, -0.1) is 11.6 Å². The summed E-state index contributed by atoms with van der Waals surface area (Å²) in [5.74, 6) is 0. The van der Waals surface area contributed by atoms with E-state index < -0.39 is 0 Å². The van der Waals surface area contributed by atoms with Gasteiger partial charge in [0.1, 0.15) is 0 Å². The lowest BCUT2D eigenvalue weighted by Gasteiger charge is -2.02. The van der Waals surface area contributed by atoms with E-state index in [0.717, 1.165) is 5.69 Å². The minimum Gasteiger partial charge on any atom is -0.258 e. The van der Waals surface area contributed by atoms with Crippen LogP contribution in [-0.2, 0) is 0 Å². The third-order valence-corrected chi connectivity index (χ3v) is 1.69. The van der Waals surface area contributed by atoms with Crippen LogP contribution in [0.5, 0.6) is 0 Å². The summed E-state index contributed by atoms with van der Waals surface area (Å²) in [6, 6.07) is 3.56. The smallest absolute Gasteiger partial charge is 0.0765 e. The summed E-state index contributed by atoms with van der Waals surface area (Å²) in [7, 11) is 0. The lowest BCUT2D eigenvalue weighted by atomic mass is 10.3. The fraction of sp³-hybridized carbons (Fsp3) is 0.286. The van der Waals surface area contributed by atoms with Crippen molar-refractivity contribution in [3.05, 3.63) is 29.0 Å². The summed E-state index contributed by atoms with van der Waals surface area (Å²) in [6.07, 6.45) is 1.68. The van der Waals surface area contributed by atoms with Crippen molar-refractivity contribution in [3.8, 4) is 0 Å². The van der Waals surface area contributed by atoms with E-state index in [-0.39, 0.29) is 5.38 Å². The maximum Gasteiger partial charge on any atom is 0.0765 e. The van der Waals surface area contributed by atoms with Gasteiger partial charge >= 0.3 is 0 Å². The summed E-state index contributed by atoms with van der Waals surface area (Å²) >= 11 is 11.5. The lowest BCUT2D eigenvalue weighted by molar-refractivity contribution is 0.996. The fourth-order valence-electron chi connectivity index (χ4n) is 0.691. The van der Waals surface area contributed by atoms with Crippen molar-refractivity contribution in [2.45, 2.75) is 12.3 Å². The first-order chi connectivity index (χ1) is 4.72.